The van der Waals surface area contributed by atoms with Gasteiger partial charge < -0.3 is 62.5 Å². The van der Waals surface area contributed by atoms with Crippen LogP contribution in [0.15, 0.2) is 66.7 Å². The van der Waals surface area contributed by atoms with E-state index >= 15 is 0 Å². The standard InChI is InChI=1S/C66H93N9O18/c1-43-15-17-44(18-16-43)9-8-14-56(77)67-29-6-4-12-51(70-57(78)27-26-54(65(91)92)75-35-33-73(41-59(81)82)31-32-74(34-36-75)42-60(83)84)62(86)69-40-45-19-23-48(24-20-45)55(76)39-50(38-46-21-22-47-10-2-3-11-49(47)37-46)61(85)68-30-7-5-13-52(63(87)88)71-66(93)72-53(64(89)90)25-28-58(79)80/h2-3,10-11,15-18,21-22,37,45,48,50-54H,4-9,12-14,19-20,23-36,38-42H2,1H3,(H,67,77)(H,68,85)(H,69,86)(H,70,78)(H,79,80)(H,81,82)(H,83,84)(H,87,88)(H,89,90)(H,91,92)(H2,71,72,93)/t45?,48?,50-,51-,52?,53+,54?/m0/s1. The molecule has 1 saturated carbocycles. The molecular formula is C66H93N9O18. The van der Waals surface area contributed by atoms with Crippen molar-refractivity contribution in [3.05, 3.63) is 83.4 Å². The summed E-state index contributed by atoms with van der Waals surface area (Å²) in [5, 5.41) is 75.4. The van der Waals surface area contributed by atoms with Crippen LogP contribution < -0.4 is 31.9 Å². The van der Waals surface area contributed by atoms with Gasteiger partial charge in [-0.3, -0.25) is 57.9 Å². The number of unbranched alkanes of at least 4 members (excludes halogenated alkanes) is 2. The number of urea groups is 1. The highest BCUT2D eigenvalue weighted by Gasteiger charge is 2.33. The number of rotatable bonds is 40. The number of ketones is 1. The van der Waals surface area contributed by atoms with Crippen molar-refractivity contribution in [3.8, 4) is 0 Å². The first-order valence-electron chi connectivity index (χ1n) is 32.2. The third kappa shape index (κ3) is 28.5. The topological polar surface area (TPSA) is 408 Å². The summed E-state index contributed by atoms with van der Waals surface area (Å²) in [6.07, 6.45) is 4.24. The van der Waals surface area contributed by atoms with E-state index in [0.717, 1.165) is 33.9 Å². The average Bonchev–Trinajstić information content (AvgIpc) is 3.68. The number of nitrogens with one attached hydrogen (secondary N) is 6. The molecule has 0 spiro atoms. The largest absolute Gasteiger partial charge is 0.481 e. The van der Waals surface area contributed by atoms with Crippen LogP contribution in [0.25, 0.3) is 10.8 Å². The van der Waals surface area contributed by atoms with Crippen LogP contribution >= 0.6 is 0 Å². The molecule has 0 radical (unpaired) electrons. The van der Waals surface area contributed by atoms with Gasteiger partial charge in [0.1, 0.15) is 30.0 Å². The number of nitrogens with zero attached hydrogens (tertiary/aromatic N) is 3. The number of carbonyl (C=O) groups excluding carboxylic acids is 6. The molecule has 2 fully saturated rings. The number of amides is 6. The molecule has 1 heterocycles. The van der Waals surface area contributed by atoms with Crippen LogP contribution in [0.4, 0.5) is 4.79 Å². The number of hydrogen-bond acceptors (Lipinski definition) is 15. The Morgan fingerprint density at radius 3 is 1.67 bits per heavy atom. The van der Waals surface area contributed by atoms with Gasteiger partial charge in [0, 0.05) is 96.4 Å². The molecule has 6 amide bonds. The van der Waals surface area contributed by atoms with Gasteiger partial charge in [-0.1, -0.05) is 72.3 Å². The molecule has 1 aliphatic heterocycles. The van der Waals surface area contributed by atoms with Gasteiger partial charge in [0.25, 0.3) is 0 Å². The SMILES string of the molecule is Cc1ccc(CCCC(=O)NCCCC[C@H](NC(=O)CCC(C(=O)O)N2CCN(CC(=O)O)CCN(CC(=O)O)CC2)C(=O)NCC2CCC(C(=O)C[C@H](Cc3ccc4ccccc4c3)C(=O)NCCCCC(NC(=O)N[C@H](CCC(=O)O)C(=O)O)C(=O)O)CC2)cc1. The van der Waals surface area contributed by atoms with Crippen LogP contribution in [0.5, 0.6) is 0 Å². The fourth-order valence-corrected chi connectivity index (χ4v) is 11.8. The summed E-state index contributed by atoms with van der Waals surface area (Å²) in [6, 6.07) is 15.4. The molecule has 27 heteroatoms. The summed E-state index contributed by atoms with van der Waals surface area (Å²) in [7, 11) is 0. The number of fused-ring (bicyclic) bond motifs is 1. The highest BCUT2D eigenvalue weighted by Crippen LogP contribution is 2.32. The van der Waals surface area contributed by atoms with Crippen molar-refractivity contribution in [1.82, 2.24) is 46.6 Å². The maximum absolute atomic E-state index is 14.2. The summed E-state index contributed by atoms with van der Waals surface area (Å²) >= 11 is 0. The maximum Gasteiger partial charge on any atom is 0.326 e. The lowest BCUT2D eigenvalue weighted by molar-refractivity contribution is -0.145. The molecule has 0 aromatic heterocycles. The first-order valence-corrected chi connectivity index (χ1v) is 32.2. The lowest BCUT2D eigenvalue weighted by Crippen LogP contribution is -2.51. The monoisotopic (exact) mass is 1300 g/mol. The first kappa shape index (κ1) is 75.2. The zero-order chi connectivity index (χ0) is 67.8. The van der Waals surface area contributed by atoms with Crippen molar-refractivity contribution >= 4 is 82.0 Å². The molecule has 3 aromatic rings. The quantitative estimate of drug-likeness (QED) is 0.0361. The Bertz CT molecular complexity index is 2980. The second-order valence-electron chi connectivity index (χ2n) is 24.4. The molecule has 0 bridgehead atoms. The second kappa shape index (κ2) is 39.8. The summed E-state index contributed by atoms with van der Waals surface area (Å²) < 4.78 is 0. The molecule has 3 aromatic carbocycles. The minimum atomic E-state index is -1.56. The number of carbonyl (C=O) groups is 12. The van der Waals surface area contributed by atoms with Crippen molar-refractivity contribution in [1.29, 1.82) is 0 Å². The zero-order valence-corrected chi connectivity index (χ0v) is 53.0. The number of carboxylic acids is 6. The van der Waals surface area contributed by atoms with Gasteiger partial charge in [-0.2, -0.15) is 0 Å². The highest BCUT2D eigenvalue weighted by atomic mass is 16.4. The van der Waals surface area contributed by atoms with Crippen molar-refractivity contribution in [2.75, 3.05) is 72.0 Å². The van der Waals surface area contributed by atoms with Crippen LogP contribution in [-0.2, 0) is 65.6 Å². The van der Waals surface area contributed by atoms with E-state index in [1.807, 2.05) is 73.7 Å². The Balaban J connectivity index is 1.17. The third-order valence-corrected chi connectivity index (χ3v) is 17.2. The Kier molecular flexibility index (Phi) is 32.1. The van der Waals surface area contributed by atoms with E-state index in [1.54, 1.807) is 14.7 Å². The fourth-order valence-electron chi connectivity index (χ4n) is 11.8. The van der Waals surface area contributed by atoms with Crippen molar-refractivity contribution in [2.45, 2.75) is 153 Å². The summed E-state index contributed by atoms with van der Waals surface area (Å²) in [5.74, 6) is -10.3. The van der Waals surface area contributed by atoms with E-state index in [1.165, 1.54) is 0 Å². The molecular weight excluding hydrogens is 1210 g/mol. The minimum Gasteiger partial charge on any atom is -0.481 e. The predicted molar refractivity (Wildman–Crippen MR) is 341 cm³/mol. The molecule has 2 aliphatic rings. The molecule has 12 N–H and O–H groups in total. The van der Waals surface area contributed by atoms with Crippen molar-refractivity contribution in [3.63, 3.8) is 0 Å². The maximum atomic E-state index is 14.2. The predicted octanol–water partition coefficient (Wildman–Crippen LogP) is 3.66. The van der Waals surface area contributed by atoms with E-state index < -0.39 is 96.6 Å². The summed E-state index contributed by atoms with van der Waals surface area (Å²) in [4.78, 5) is 157. The van der Waals surface area contributed by atoms with E-state index in [4.69, 9.17) is 5.11 Å². The smallest absolute Gasteiger partial charge is 0.326 e. The van der Waals surface area contributed by atoms with Crippen molar-refractivity contribution < 1.29 is 88.2 Å². The van der Waals surface area contributed by atoms with Gasteiger partial charge in [-0.25, -0.2) is 14.4 Å². The van der Waals surface area contributed by atoms with Gasteiger partial charge in [-0.15, -0.1) is 0 Å². The lowest BCUT2D eigenvalue weighted by atomic mass is 9.77. The van der Waals surface area contributed by atoms with E-state index in [9.17, 15) is 83.1 Å². The van der Waals surface area contributed by atoms with Crippen molar-refractivity contribution in [2.24, 2.45) is 17.8 Å². The van der Waals surface area contributed by atoms with Gasteiger partial charge >= 0.3 is 41.8 Å². The molecule has 2 unspecified atom stereocenters. The lowest BCUT2D eigenvalue weighted by Gasteiger charge is -2.30. The Labute approximate surface area is 541 Å². The third-order valence-electron chi connectivity index (χ3n) is 17.2. The first-order chi connectivity index (χ1) is 44.4. The molecule has 5 atom stereocenters. The molecule has 93 heavy (non-hydrogen) atoms. The Hall–Kier alpha value is -8.56. The summed E-state index contributed by atoms with van der Waals surface area (Å²) in [5.41, 5.74) is 3.13. The van der Waals surface area contributed by atoms with Gasteiger partial charge in [0.15, 0.2) is 0 Å². The second-order valence-corrected chi connectivity index (χ2v) is 24.4. The van der Waals surface area contributed by atoms with Crippen LogP contribution in [0.3, 0.4) is 0 Å². The van der Waals surface area contributed by atoms with E-state index in [0.29, 0.717) is 64.3 Å². The van der Waals surface area contributed by atoms with E-state index in [-0.39, 0.29) is 140 Å². The zero-order valence-electron chi connectivity index (χ0n) is 53.0. The number of aryl methyl sites for hydroxylation is 2. The molecule has 1 saturated heterocycles. The minimum absolute atomic E-state index is 0.0285. The highest BCUT2D eigenvalue weighted by molar-refractivity contribution is 5.90. The van der Waals surface area contributed by atoms with Gasteiger partial charge in [0.05, 0.1) is 13.1 Å². The van der Waals surface area contributed by atoms with Crippen LogP contribution in [-0.4, -0.2) is 213 Å². The number of Topliss-reactive ketones (excluding diaryl/α,β-unsaturated/α-hetero) is 1. The Morgan fingerprint density at radius 1 is 0.505 bits per heavy atom. The number of benzene rings is 3. The number of aliphatic carboxylic acids is 6. The molecule has 27 nitrogen and oxygen atoms in total. The van der Waals surface area contributed by atoms with Crippen LogP contribution in [0.2, 0.25) is 0 Å². The number of hydrogen-bond donors (Lipinski definition) is 12. The number of carboxylic acid groups (broad SMARTS) is 6. The fraction of sp³-hybridized carbons (Fsp3) is 0.576. The van der Waals surface area contributed by atoms with E-state index in [2.05, 4.69) is 31.9 Å². The normalized spacial score (nSPS) is 17.3. The molecule has 5 rings (SSSR count). The average molecular weight is 1300 g/mol. The van der Waals surface area contributed by atoms with Gasteiger partial charge in [0.2, 0.25) is 23.6 Å². The summed E-state index contributed by atoms with van der Waals surface area (Å²) in [6.45, 7) is 3.19. The Morgan fingerprint density at radius 2 is 1.08 bits per heavy atom. The molecule has 1 aliphatic carbocycles. The van der Waals surface area contributed by atoms with Crippen LogP contribution in [0.1, 0.15) is 126 Å². The van der Waals surface area contributed by atoms with Crippen LogP contribution in [0, 0.1) is 24.7 Å². The molecule has 510 valence electrons. The van der Waals surface area contributed by atoms with Gasteiger partial charge in [-0.05, 0) is 131 Å².